The Balaban J connectivity index is 2.19. The average molecular weight is 234 g/mol. The number of anilines is 1. The minimum absolute atomic E-state index is 1.15. The Hall–Kier alpha value is -1.02. The Morgan fingerprint density at radius 2 is 1.88 bits per heavy atom. The molecule has 0 saturated carbocycles. The molecule has 0 heterocycles. The van der Waals surface area contributed by atoms with Gasteiger partial charge in [0, 0.05) is 19.3 Å². The predicted molar refractivity (Wildman–Crippen MR) is 76.8 cm³/mol. The molecule has 1 N–H and O–H groups in total. The maximum atomic E-state index is 3.19. The van der Waals surface area contributed by atoms with Crippen LogP contribution in [-0.2, 0) is 0 Å². The molecule has 2 nitrogen and oxygen atoms in total. The molecule has 0 atom stereocenters. The van der Waals surface area contributed by atoms with Crippen LogP contribution < -0.4 is 10.2 Å². The summed E-state index contributed by atoms with van der Waals surface area (Å²) in [6.07, 6.45) is 5.25. The fraction of sp³-hybridized carbons (Fsp3) is 0.600. The van der Waals surface area contributed by atoms with Gasteiger partial charge in [-0.3, -0.25) is 0 Å². The van der Waals surface area contributed by atoms with Gasteiger partial charge in [0.2, 0.25) is 0 Å². The van der Waals surface area contributed by atoms with Crippen LogP contribution >= 0.6 is 0 Å². The van der Waals surface area contributed by atoms with E-state index in [1.54, 1.807) is 0 Å². The van der Waals surface area contributed by atoms with E-state index < -0.39 is 0 Å². The number of unbranched alkanes of at least 4 members (excludes halogenated alkanes) is 3. The molecule has 1 aromatic rings. The van der Waals surface area contributed by atoms with Crippen molar-refractivity contribution in [2.45, 2.75) is 32.6 Å². The number of rotatable bonds is 8. The standard InChI is InChI=1S/C15H26N2/c1-14-9-8-10-15(13-14)17(3)12-7-5-4-6-11-16-2/h8-10,13,16H,4-7,11-12H2,1-3H3. The summed E-state index contributed by atoms with van der Waals surface area (Å²) >= 11 is 0. The van der Waals surface area contributed by atoms with E-state index in [0.717, 1.165) is 13.1 Å². The van der Waals surface area contributed by atoms with E-state index in [1.807, 2.05) is 7.05 Å². The van der Waals surface area contributed by atoms with Crippen molar-refractivity contribution in [3.05, 3.63) is 29.8 Å². The second kappa shape index (κ2) is 8.13. The molecule has 0 spiro atoms. The van der Waals surface area contributed by atoms with E-state index in [1.165, 1.54) is 36.9 Å². The molecule has 0 fully saturated rings. The van der Waals surface area contributed by atoms with Crippen LogP contribution in [0.25, 0.3) is 0 Å². The third-order valence-electron chi connectivity index (χ3n) is 3.11. The lowest BCUT2D eigenvalue weighted by Gasteiger charge is -2.19. The van der Waals surface area contributed by atoms with E-state index in [2.05, 4.69) is 48.5 Å². The molecule has 1 rings (SSSR count). The molecular formula is C15H26N2. The van der Waals surface area contributed by atoms with Gasteiger partial charge in [-0.25, -0.2) is 0 Å². The summed E-state index contributed by atoms with van der Waals surface area (Å²) in [5.41, 5.74) is 2.67. The minimum Gasteiger partial charge on any atom is -0.375 e. The smallest absolute Gasteiger partial charge is 0.0366 e. The molecule has 96 valence electrons. The van der Waals surface area contributed by atoms with Crippen LogP contribution in [0.2, 0.25) is 0 Å². The summed E-state index contributed by atoms with van der Waals surface area (Å²) in [6.45, 7) is 4.45. The zero-order valence-corrected chi connectivity index (χ0v) is 11.5. The first-order valence-corrected chi connectivity index (χ1v) is 6.66. The summed E-state index contributed by atoms with van der Waals surface area (Å²) < 4.78 is 0. The molecular weight excluding hydrogens is 208 g/mol. The number of hydrogen-bond acceptors (Lipinski definition) is 2. The van der Waals surface area contributed by atoms with Crippen molar-refractivity contribution >= 4 is 5.69 Å². The van der Waals surface area contributed by atoms with Crippen LogP contribution in [0.4, 0.5) is 5.69 Å². The first-order chi connectivity index (χ1) is 8.24. The van der Waals surface area contributed by atoms with Gasteiger partial charge in [-0.15, -0.1) is 0 Å². The third-order valence-corrected chi connectivity index (χ3v) is 3.11. The Morgan fingerprint density at radius 1 is 1.12 bits per heavy atom. The summed E-state index contributed by atoms with van der Waals surface area (Å²) in [4.78, 5) is 2.35. The molecule has 17 heavy (non-hydrogen) atoms. The lowest BCUT2D eigenvalue weighted by Crippen LogP contribution is -2.18. The third kappa shape index (κ3) is 5.73. The van der Waals surface area contributed by atoms with Crippen LogP contribution in [0.1, 0.15) is 31.2 Å². The van der Waals surface area contributed by atoms with E-state index in [0.29, 0.717) is 0 Å². The predicted octanol–water partition coefficient (Wildman–Crippen LogP) is 3.21. The second-order valence-corrected chi connectivity index (χ2v) is 4.78. The lowest BCUT2D eigenvalue weighted by atomic mass is 10.1. The van der Waals surface area contributed by atoms with Crippen molar-refractivity contribution in [2.24, 2.45) is 0 Å². The number of aryl methyl sites for hydroxylation is 1. The van der Waals surface area contributed by atoms with Crippen LogP contribution in [0.3, 0.4) is 0 Å². The first-order valence-electron chi connectivity index (χ1n) is 6.66. The average Bonchev–Trinajstić information content (AvgIpc) is 2.33. The highest BCUT2D eigenvalue weighted by Crippen LogP contribution is 2.15. The van der Waals surface area contributed by atoms with Crippen molar-refractivity contribution in [1.82, 2.24) is 5.32 Å². The quantitative estimate of drug-likeness (QED) is 0.695. The Bertz CT molecular complexity index is 310. The summed E-state index contributed by atoms with van der Waals surface area (Å²) in [7, 11) is 4.20. The van der Waals surface area contributed by atoms with Crippen LogP contribution in [-0.4, -0.2) is 27.2 Å². The fourth-order valence-electron chi connectivity index (χ4n) is 2.00. The maximum Gasteiger partial charge on any atom is 0.0366 e. The van der Waals surface area contributed by atoms with E-state index in [-0.39, 0.29) is 0 Å². The van der Waals surface area contributed by atoms with Gasteiger partial charge in [0.15, 0.2) is 0 Å². The molecule has 0 unspecified atom stereocenters. The Labute approximate surface area is 106 Å². The van der Waals surface area contributed by atoms with Gasteiger partial charge >= 0.3 is 0 Å². The molecule has 0 saturated heterocycles. The molecule has 0 radical (unpaired) electrons. The monoisotopic (exact) mass is 234 g/mol. The van der Waals surface area contributed by atoms with E-state index >= 15 is 0 Å². The molecule has 1 aromatic carbocycles. The molecule has 0 amide bonds. The number of nitrogens with one attached hydrogen (secondary N) is 1. The van der Waals surface area contributed by atoms with Crippen molar-refractivity contribution in [1.29, 1.82) is 0 Å². The van der Waals surface area contributed by atoms with Crippen LogP contribution in [0.5, 0.6) is 0 Å². The van der Waals surface area contributed by atoms with Gasteiger partial charge in [-0.05, 0) is 51.1 Å². The van der Waals surface area contributed by atoms with Gasteiger partial charge in [-0.2, -0.15) is 0 Å². The fourth-order valence-corrected chi connectivity index (χ4v) is 2.00. The zero-order valence-electron chi connectivity index (χ0n) is 11.5. The zero-order chi connectivity index (χ0) is 12.5. The van der Waals surface area contributed by atoms with Gasteiger partial charge in [-0.1, -0.05) is 25.0 Å². The summed E-state index contributed by atoms with van der Waals surface area (Å²) in [5.74, 6) is 0. The van der Waals surface area contributed by atoms with Crippen LogP contribution in [0, 0.1) is 6.92 Å². The van der Waals surface area contributed by atoms with Gasteiger partial charge in [0.1, 0.15) is 0 Å². The highest BCUT2D eigenvalue weighted by atomic mass is 15.1. The Morgan fingerprint density at radius 3 is 2.59 bits per heavy atom. The Kier molecular flexibility index (Phi) is 6.71. The van der Waals surface area contributed by atoms with E-state index in [4.69, 9.17) is 0 Å². The lowest BCUT2D eigenvalue weighted by molar-refractivity contribution is 0.615. The normalized spacial score (nSPS) is 10.5. The number of nitrogens with zero attached hydrogens (tertiary/aromatic N) is 1. The summed E-state index contributed by atoms with van der Waals surface area (Å²) in [5, 5.41) is 3.19. The molecule has 0 aliphatic rings. The SMILES string of the molecule is CNCCCCCCN(C)c1cccc(C)c1. The first kappa shape index (κ1) is 14.0. The molecule has 0 bridgehead atoms. The topological polar surface area (TPSA) is 15.3 Å². The number of hydrogen-bond donors (Lipinski definition) is 1. The largest absolute Gasteiger partial charge is 0.375 e. The second-order valence-electron chi connectivity index (χ2n) is 4.78. The van der Waals surface area contributed by atoms with Gasteiger partial charge < -0.3 is 10.2 Å². The summed E-state index contributed by atoms with van der Waals surface area (Å²) in [6, 6.07) is 8.72. The van der Waals surface area contributed by atoms with Crippen molar-refractivity contribution in [2.75, 3.05) is 32.1 Å². The highest BCUT2D eigenvalue weighted by Gasteiger charge is 2.00. The minimum atomic E-state index is 1.15. The van der Waals surface area contributed by atoms with Crippen molar-refractivity contribution < 1.29 is 0 Å². The number of benzene rings is 1. The van der Waals surface area contributed by atoms with Gasteiger partial charge in [0.05, 0.1) is 0 Å². The van der Waals surface area contributed by atoms with Gasteiger partial charge in [0.25, 0.3) is 0 Å². The maximum absolute atomic E-state index is 3.19. The molecule has 2 heteroatoms. The van der Waals surface area contributed by atoms with Crippen LogP contribution in [0.15, 0.2) is 24.3 Å². The highest BCUT2D eigenvalue weighted by molar-refractivity contribution is 5.47. The molecule has 0 aliphatic heterocycles. The molecule has 0 aromatic heterocycles. The molecule has 0 aliphatic carbocycles. The van der Waals surface area contributed by atoms with Crippen molar-refractivity contribution in [3.8, 4) is 0 Å². The van der Waals surface area contributed by atoms with E-state index in [9.17, 15) is 0 Å². The van der Waals surface area contributed by atoms with Crippen molar-refractivity contribution in [3.63, 3.8) is 0 Å².